The van der Waals surface area contributed by atoms with Gasteiger partial charge in [-0.05, 0) is 30.8 Å². The summed E-state index contributed by atoms with van der Waals surface area (Å²) in [5.74, 6) is 0.585. The molecule has 1 aromatic heterocycles. The summed E-state index contributed by atoms with van der Waals surface area (Å²) in [6.07, 6.45) is 0. The highest BCUT2D eigenvalue weighted by Gasteiger charge is 2.15. The Bertz CT molecular complexity index is 644. The van der Waals surface area contributed by atoms with Crippen LogP contribution in [0.15, 0.2) is 28.7 Å². The van der Waals surface area contributed by atoms with Gasteiger partial charge in [0.25, 0.3) is 4.84 Å². The predicted molar refractivity (Wildman–Crippen MR) is 77.9 cm³/mol. The zero-order valence-electron chi connectivity index (χ0n) is 11.4. The van der Waals surface area contributed by atoms with Gasteiger partial charge < -0.3 is 9.15 Å². The summed E-state index contributed by atoms with van der Waals surface area (Å²) in [6, 6.07) is 8.00. The third-order valence-corrected chi connectivity index (χ3v) is 3.71. The molecule has 6 heteroatoms. The van der Waals surface area contributed by atoms with E-state index in [1.54, 1.807) is 4.68 Å². The van der Waals surface area contributed by atoms with Crippen molar-refractivity contribution >= 4 is 12.2 Å². The first-order valence-electron chi connectivity index (χ1n) is 6.68. The van der Waals surface area contributed by atoms with Crippen molar-refractivity contribution in [3.05, 3.63) is 34.7 Å². The minimum Gasteiger partial charge on any atom is -0.409 e. The van der Waals surface area contributed by atoms with Crippen molar-refractivity contribution in [1.82, 2.24) is 14.7 Å². The number of morpholine rings is 1. The monoisotopic (exact) mass is 291 g/mol. The number of hydrogen-bond acceptors (Lipinski definition) is 5. The second kappa shape index (κ2) is 5.87. The molecule has 0 atom stereocenters. The van der Waals surface area contributed by atoms with E-state index in [1.165, 1.54) is 0 Å². The highest BCUT2D eigenvalue weighted by molar-refractivity contribution is 7.71. The zero-order chi connectivity index (χ0) is 13.9. The Morgan fingerprint density at radius 1 is 1.25 bits per heavy atom. The molecule has 1 aromatic carbocycles. The average molecular weight is 291 g/mol. The highest BCUT2D eigenvalue weighted by Crippen LogP contribution is 2.21. The van der Waals surface area contributed by atoms with Crippen LogP contribution in [0.25, 0.3) is 11.5 Å². The Morgan fingerprint density at radius 2 is 2.00 bits per heavy atom. The first-order chi connectivity index (χ1) is 9.74. The van der Waals surface area contributed by atoms with Gasteiger partial charge in [-0.1, -0.05) is 18.2 Å². The Morgan fingerprint density at radius 3 is 2.75 bits per heavy atom. The number of hydrogen-bond donors (Lipinski definition) is 0. The van der Waals surface area contributed by atoms with Gasteiger partial charge in [-0.25, -0.2) is 4.68 Å². The molecule has 1 aliphatic heterocycles. The van der Waals surface area contributed by atoms with Crippen LogP contribution in [0.3, 0.4) is 0 Å². The van der Waals surface area contributed by atoms with E-state index < -0.39 is 0 Å². The van der Waals surface area contributed by atoms with E-state index in [0.717, 1.165) is 37.4 Å². The standard InChI is InChI=1S/C14H17N3O2S/c1-11-4-2-3-5-12(11)13-15-17(14(20)19-13)10-16-6-8-18-9-7-16/h2-5H,6-10H2,1H3. The third-order valence-electron chi connectivity index (χ3n) is 3.42. The smallest absolute Gasteiger partial charge is 0.288 e. The van der Waals surface area contributed by atoms with E-state index >= 15 is 0 Å². The summed E-state index contributed by atoms with van der Waals surface area (Å²) in [7, 11) is 0. The summed E-state index contributed by atoms with van der Waals surface area (Å²) in [5, 5.41) is 4.50. The maximum absolute atomic E-state index is 5.63. The van der Waals surface area contributed by atoms with Crippen LogP contribution in [-0.2, 0) is 11.4 Å². The van der Waals surface area contributed by atoms with Gasteiger partial charge in [0.2, 0.25) is 5.89 Å². The lowest BCUT2D eigenvalue weighted by Crippen LogP contribution is -2.37. The van der Waals surface area contributed by atoms with Crippen LogP contribution in [0, 0.1) is 11.8 Å². The van der Waals surface area contributed by atoms with Crippen LogP contribution in [0.4, 0.5) is 0 Å². The molecule has 0 radical (unpaired) electrons. The molecule has 106 valence electrons. The van der Waals surface area contributed by atoms with Gasteiger partial charge in [0, 0.05) is 18.7 Å². The summed E-state index contributed by atoms with van der Waals surface area (Å²) < 4.78 is 12.7. The van der Waals surface area contributed by atoms with Crippen LogP contribution < -0.4 is 0 Å². The van der Waals surface area contributed by atoms with Crippen molar-refractivity contribution in [2.24, 2.45) is 0 Å². The molecule has 2 heterocycles. The van der Waals surface area contributed by atoms with Crippen molar-refractivity contribution < 1.29 is 9.15 Å². The third kappa shape index (κ3) is 2.82. The predicted octanol–water partition coefficient (Wildman–Crippen LogP) is 2.47. The van der Waals surface area contributed by atoms with Crippen LogP contribution in [0.5, 0.6) is 0 Å². The normalized spacial score (nSPS) is 16.4. The van der Waals surface area contributed by atoms with Gasteiger partial charge in [0.05, 0.1) is 19.9 Å². The molecule has 0 saturated carbocycles. The second-order valence-corrected chi connectivity index (χ2v) is 5.21. The van der Waals surface area contributed by atoms with E-state index in [9.17, 15) is 0 Å². The topological polar surface area (TPSA) is 43.4 Å². The van der Waals surface area contributed by atoms with Gasteiger partial charge in [-0.3, -0.25) is 4.90 Å². The summed E-state index contributed by atoms with van der Waals surface area (Å²) in [6.45, 7) is 6.00. The van der Waals surface area contributed by atoms with Crippen LogP contribution in [-0.4, -0.2) is 41.0 Å². The largest absolute Gasteiger partial charge is 0.409 e. The van der Waals surface area contributed by atoms with Gasteiger partial charge in [0.1, 0.15) is 0 Å². The first-order valence-corrected chi connectivity index (χ1v) is 7.09. The molecule has 2 aromatic rings. The molecular weight excluding hydrogens is 274 g/mol. The van der Waals surface area contributed by atoms with Crippen molar-refractivity contribution in [3.8, 4) is 11.5 Å². The van der Waals surface area contributed by atoms with E-state index in [0.29, 0.717) is 17.4 Å². The van der Waals surface area contributed by atoms with Gasteiger partial charge in [-0.2, -0.15) is 0 Å². The van der Waals surface area contributed by atoms with Crippen LogP contribution in [0.2, 0.25) is 0 Å². The minimum absolute atomic E-state index is 0.412. The molecule has 0 N–H and O–H groups in total. The fourth-order valence-electron chi connectivity index (χ4n) is 2.25. The number of ether oxygens (including phenoxy) is 1. The Hall–Kier alpha value is -1.50. The van der Waals surface area contributed by atoms with E-state index in [2.05, 4.69) is 10.00 Å². The SMILES string of the molecule is Cc1ccccc1-c1nn(CN2CCOCC2)c(=S)o1. The van der Waals surface area contributed by atoms with Crippen molar-refractivity contribution in [2.75, 3.05) is 26.3 Å². The van der Waals surface area contributed by atoms with E-state index in [1.807, 2.05) is 31.2 Å². The van der Waals surface area contributed by atoms with E-state index in [4.69, 9.17) is 21.4 Å². The van der Waals surface area contributed by atoms with Gasteiger partial charge in [-0.15, -0.1) is 5.10 Å². The maximum Gasteiger partial charge on any atom is 0.288 e. The fraction of sp³-hybridized carbons (Fsp3) is 0.429. The minimum atomic E-state index is 0.412. The van der Waals surface area contributed by atoms with Gasteiger partial charge >= 0.3 is 0 Å². The molecule has 0 spiro atoms. The number of aryl methyl sites for hydroxylation is 1. The van der Waals surface area contributed by atoms with Crippen molar-refractivity contribution in [3.63, 3.8) is 0 Å². The number of nitrogens with zero attached hydrogens (tertiary/aromatic N) is 3. The Labute approximate surface area is 122 Å². The maximum atomic E-state index is 5.63. The Balaban J connectivity index is 1.84. The van der Waals surface area contributed by atoms with Crippen LogP contribution in [0.1, 0.15) is 5.56 Å². The zero-order valence-corrected chi connectivity index (χ0v) is 12.2. The van der Waals surface area contributed by atoms with Gasteiger partial charge in [0.15, 0.2) is 0 Å². The summed E-state index contributed by atoms with van der Waals surface area (Å²) in [5.41, 5.74) is 2.11. The average Bonchev–Trinajstić information content (AvgIpc) is 2.81. The van der Waals surface area contributed by atoms with Crippen LogP contribution >= 0.6 is 12.2 Å². The fourth-order valence-corrected chi connectivity index (χ4v) is 2.43. The molecule has 0 bridgehead atoms. The van der Waals surface area contributed by atoms with Crippen molar-refractivity contribution in [1.29, 1.82) is 0 Å². The molecule has 1 saturated heterocycles. The molecule has 0 aliphatic carbocycles. The Kier molecular flexibility index (Phi) is 3.95. The quantitative estimate of drug-likeness (QED) is 0.813. The van der Waals surface area contributed by atoms with E-state index in [-0.39, 0.29) is 0 Å². The lowest BCUT2D eigenvalue weighted by atomic mass is 10.1. The number of aromatic nitrogens is 2. The summed E-state index contributed by atoms with van der Waals surface area (Å²) >= 11 is 5.26. The molecular formula is C14H17N3O2S. The highest BCUT2D eigenvalue weighted by atomic mass is 32.1. The molecule has 0 amide bonds. The molecule has 20 heavy (non-hydrogen) atoms. The molecule has 0 unspecified atom stereocenters. The molecule has 1 aliphatic rings. The lowest BCUT2D eigenvalue weighted by molar-refractivity contribution is 0.0206. The second-order valence-electron chi connectivity index (χ2n) is 4.86. The lowest BCUT2D eigenvalue weighted by Gasteiger charge is -2.25. The number of rotatable bonds is 3. The molecule has 5 nitrogen and oxygen atoms in total. The summed E-state index contributed by atoms with van der Waals surface area (Å²) in [4.78, 5) is 2.67. The number of benzene rings is 1. The van der Waals surface area contributed by atoms with Crippen molar-refractivity contribution in [2.45, 2.75) is 13.6 Å². The molecule has 1 fully saturated rings. The molecule has 3 rings (SSSR count). The first kappa shape index (κ1) is 13.5.